The molecule has 1 aromatic heterocycles. The lowest BCUT2D eigenvalue weighted by molar-refractivity contribution is -0.134. The Morgan fingerprint density at radius 2 is 1.83 bits per heavy atom. The molecule has 150 valence electrons. The molecule has 2 aromatic carbocycles. The molecule has 6 heteroatoms. The van der Waals surface area contributed by atoms with E-state index in [0.29, 0.717) is 30.1 Å². The number of amides is 1. The molecule has 0 aliphatic rings. The van der Waals surface area contributed by atoms with Gasteiger partial charge in [0.15, 0.2) is 6.61 Å². The highest BCUT2D eigenvalue weighted by atomic mass is 16.5. The predicted molar refractivity (Wildman–Crippen MR) is 111 cm³/mol. The summed E-state index contributed by atoms with van der Waals surface area (Å²) in [5.74, 6) is -0.126. The molecule has 1 amide bonds. The van der Waals surface area contributed by atoms with Crippen molar-refractivity contribution in [1.82, 2.24) is 9.88 Å². The van der Waals surface area contributed by atoms with E-state index in [0.717, 1.165) is 16.5 Å². The molecule has 0 aliphatic heterocycles. The van der Waals surface area contributed by atoms with E-state index in [-0.39, 0.29) is 12.5 Å². The van der Waals surface area contributed by atoms with Gasteiger partial charge in [-0.15, -0.1) is 0 Å². The third-order valence-electron chi connectivity index (χ3n) is 4.71. The Balaban J connectivity index is 1.69. The Kier molecular flexibility index (Phi) is 6.44. The molecule has 1 heterocycles. The highest BCUT2D eigenvalue weighted by Crippen LogP contribution is 2.22. The second kappa shape index (κ2) is 9.19. The van der Waals surface area contributed by atoms with Crippen molar-refractivity contribution in [3.63, 3.8) is 0 Å². The Hall–Kier alpha value is -3.41. The fourth-order valence-electron chi connectivity index (χ4n) is 3.06. The number of benzene rings is 2. The van der Waals surface area contributed by atoms with Crippen LogP contribution in [0, 0.1) is 6.92 Å². The Labute approximate surface area is 170 Å². The molecule has 0 aliphatic carbocycles. The minimum Gasteiger partial charge on any atom is -0.497 e. The number of carbonyl (C=O) groups excluding carboxylic acids is 2. The molecule has 3 aromatic rings. The Morgan fingerprint density at radius 1 is 1.07 bits per heavy atom. The molecule has 0 atom stereocenters. The van der Waals surface area contributed by atoms with E-state index in [1.165, 1.54) is 0 Å². The molecule has 3 rings (SSSR count). The average molecular weight is 392 g/mol. The fourth-order valence-corrected chi connectivity index (χ4v) is 3.06. The van der Waals surface area contributed by atoms with Crippen LogP contribution >= 0.6 is 0 Å². The molecule has 0 bridgehead atoms. The van der Waals surface area contributed by atoms with Gasteiger partial charge in [0.25, 0.3) is 5.91 Å². The first kappa shape index (κ1) is 20.3. The second-order valence-electron chi connectivity index (χ2n) is 6.65. The maximum absolute atomic E-state index is 12.6. The first-order valence-electron chi connectivity index (χ1n) is 9.46. The van der Waals surface area contributed by atoms with Crippen LogP contribution in [0.1, 0.15) is 28.5 Å². The number of rotatable bonds is 7. The minimum absolute atomic E-state index is 0.238. The molecular formula is C23H24N2O4. The topological polar surface area (TPSA) is 68.7 Å². The van der Waals surface area contributed by atoms with E-state index in [1.54, 1.807) is 25.0 Å². The predicted octanol–water partition coefficient (Wildman–Crippen LogP) is 3.76. The molecule has 0 unspecified atom stereocenters. The summed E-state index contributed by atoms with van der Waals surface area (Å²) in [4.78, 5) is 31.2. The van der Waals surface area contributed by atoms with Crippen molar-refractivity contribution >= 4 is 22.8 Å². The zero-order valence-corrected chi connectivity index (χ0v) is 16.8. The van der Waals surface area contributed by atoms with Gasteiger partial charge in [-0.3, -0.25) is 9.78 Å². The number of methoxy groups -OCH3 is 1. The summed E-state index contributed by atoms with van der Waals surface area (Å²) in [5, 5.41) is 0.771. The van der Waals surface area contributed by atoms with E-state index >= 15 is 0 Å². The van der Waals surface area contributed by atoms with Gasteiger partial charge in [-0.25, -0.2) is 4.79 Å². The van der Waals surface area contributed by atoms with Gasteiger partial charge in [-0.1, -0.05) is 30.3 Å². The quantitative estimate of drug-likeness (QED) is 0.573. The SMILES string of the molecule is CCN(Cc1ccccc1)C(=O)COC(=O)c1cc2cc(OC)ccc2nc1C. The molecule has 0 saturated carbocycles. The number of carbonyl (C=O) groups is 2. The zero-order chi connectivity index (χ0) is 20.8. The van der Waals surface area contributed by atoms with Crippen molar-refractivity contribution in [2.45, 2.75) is 20.4 Å². The van der Waals surface area contributed by atoms with Crippen molar-refractivity contribution in [3.05, 3.63) is 71.4 Å². The van der Waals surface area contributed by atoms with Gasteiger partial charge in [0.2, 0.25) is 0 Å². The lowest BCUT2D eigenvalue weighted by Gasteiger charge is -2.21. The lowest BCUT2D eigenvalue weighted by atomic mass is 10.1. The number of fused-ring (bicyclic) bond motifs is 1. The molecule has 0 radical (unpaired) electrons. The van der Waals surface area contributed by atoms with Crippen LogP contribution in [0.4, 0.5) is 0 Å². The number of hydrogen-bond acceptors (Lipinski definition) is 5. The van der Waals surface area contributed by atoms with Crippen LogP contribution in [-0.4, -0.2) is 42.0 Å². The number of pyridine rings is 1. The lowest BCUT2D eigenvalue weighted by Crippen LogP contribution is -2.34. The Bertz CT molecular complexity index is 1020. The number of aromatic nitrogens is 1. The summed E-state index contributed by atoms with van der Waals surface area (Å²) in [5.41, 5.74) is 2.68. The highest BCUT2D eigenvalue weighted by Gasteiger charge is 2.18. The van der Waals surface area contributed by atoms with Gasteiger partial charge in [-0.2, -0.15) is 0 Å². The molecule has 0 fully saturated rings. The summed E-state index contributed by atoms with van der Waals surface area (Å²) >= 11 is 0. The smallest absolute Gasteiger partial charge is 0.340 e. The van der Waals surface area contributed by atoms with Crippen molar-refractivity contribution in [2.75, 3.05) is 20.3 Å². The number of likely N-dealkylation sites (N-methyl/N-ethyl adjacent to an activating group) is 1. The van der Waals surface area contributed by atoms with Crippen LogP contribution in [0.15, 0.2) is 54.6 Å². The van der Waals surface area contributed by atoms with Crippen molar-refractivity contribution in [1.29, 1.82) is 0 Å². The monoisotopic (exact) mass is 392 g/mol. The third-order valence-corrected chi connectivity index (χ3v) is 4.71. The van der Waals surface area contributed by atoms with Crippen LogP contribution in [0.25, 0.3) is 10.9 Å². The van der Waals surface area contributed by atoms with E-state index in [2.05, 4.69) is 4.98 Å². The zero-order valence-electron chi connectivity index (χ0n) is 16.8. The van der Waals surface area contributed by atoms with Crippen LogP contribution in [0.3, 0.4) is 0 Å². The number of hydrogen-bond donors (Lipinski definition) is 0. The summed E-state index contributed by atoms with van der Waals surface area (Å²) in [6.07, 6.45) is 0. The van der Waals surface area contributed by atoms with Gasteiger partial charge in [-0.05, 0) is 43.7 Å². The number of ether oxygens (including phenoxy) is 2. The number of aryl methyl sites for hydroxylation is 1. The van der Waals surface area contributed by atoms with E-state index < -0.39 is 5.97 Å². The molecule has 0 spiro atoms. The fraction of sp³-hybridized carbons (Fsp3) is 0.261. The van der Waals surface area contributed by atoms with Crippen molar-refractivity contribution < 1.29 is 19.1 Å². The molecule has 29 heavy (non-hydrogen) atoms. The van der Waals surface area contributed by atoms with Crippen LogP contribution in [0.5, 0.6) is 5.75 Å². The van der Waals surface area contributed by atoms with Gasteiger partial charge in [0.1, 0.15) is 5.75 Å². The van der Waals surface area contributed by atoms with E-state index in [1.807, 2.05) is 55.5 Å². The minimum atomic E-state index is -0.566. The van der Waals surface area contributed by atoms with Gasteiger partial charge in [0, 0.05) is 18.5 Å². The summed E-state index contributed by atoms with van der Waals surface area (Å²) in [6.45, 7) is 4.34. The highest BCUT2D eigenvalue weighted by molar-refractivity contribution is 5.96. The van der Waals surface area contributed by atoms with Crippen LogP contribution in [-0.2, 0) is 16.1 Å². The van der Waals surface area contributed by atoms with E-state index in [9.17, 15) is 9.59 Å². The van der Waals surface area contributed by atoms with Gasteiger partial charge in [0.05, 0.1) is 23.9 Å². The van der Waals surface area contributed by atoms with Gasteiger partial charge < -0.3 is 14.4 Å². The number of nitrogens with zero attached hydrogens (tertiary/aromatic N) is 2. The third kappa shape index (κ3) is 4.90. The van der Waals surface area contributed by atoms with Crippen molar-refractivity contribution in [3.8, 4) is 5.75 Å². The standard InChI is InChI=1S/C23H24N2O4/c1-4-25(14-17-8-6-5-7-9-17)22(26)15-29-23(27)20-13-18-12-19(28-3)10-11-21(18)24-16(20)2/h5-13H,4,14-15H2,1-3H3. The summed E-state index contributed by atoms with van der Waals surface area (Å²) < 4.78 is 10.5. The van der Waals surface area contributed by atoms with Crippen molar-refractivity contribution in [2.24, 2.45) is 0 Å². The van der Waals surface area contributed by atoms with Gasteiger partial charge >= 0.3 is 5.97 Å². The van der Waals surface area contributed by atoms with Crippen LogP contribution in [0.2, 0.25) is 0 Å². The first-order valence-corrected chi connectivity index (χ1v) is 9.46. The average Bonchev–Trinajstić information content (AvgIpc) is 2.75. The van der Waals surface area contributed by atoms with E-state index in [4.69, 9.17) is 9.47 Å². The number of esters is 1. The maximum atomic E-state index is 12.6. The summed E-state index contributed by atoms with van der Waals surface area (Å²) in [7, 11) is 1.58. The molecule has 0 N–H and O–H groups in total. The largest absolute Gasteiger partial charge is 0.497 e. The normalized spacial score (nSPS) is 10.6. The second-order valence-corrected chi connectivity index (χ2v) is 6.65. The molecule has 0 saturated heterocycles. The summed E-state index contributed by atoms with van der Waals surface area (Å²) in [6, 6.07) is 16.9. The first-order chi connectivity index (χ1) is 14.0. The molecular weight excluding hydrogens is 368 g/mol. The maximum Gasteiger partial charge on any atom is 0.340 e. The Morgan fingerprint density at radius 3 is 2.52 bits per heavy atom. The van der Waals surface area contributed by atoms with Crippen LogP contribution < -0.4 is 4.74 Å². The molecule has 6 nitrogen and oxygen atoms in total.